The quantitative estimate of drug-likeness (QED) is 0.497. The van der Waals surface area contributed by atoms with Crippen LogP contribution in [0.5, 0.6) is 0 Å². The van der Waals surface area contributed by atoms with Crippen LogP contribution in [0.2, 0.25) is 0 Å². The molecule has 0 saturated heterocycles. The molecule has 3 N–H and O–H groups in total. The zero-order valence-electron chi connectivity index (χ0n) is 8.79. The Kier molecular flexibility index (Phi) is 3.08. The largest absolute Gasteiger partial charge is 0.393 e. The smallest absolute Gasteiger partial charge is 0.292 e. The van der Waals surface area contributed by atoms with Crippen LogP contribution in [0.15, 0.2) is 30.3 Å². The van der Waals surface area contributed by atoms with Gasteiger partial charge in [0, 0.05) is 15.8 Å². The van der Waals surface area contributed by atoms with Gasteiger partial charge in [-0.05, 0) is 29.8 Å². The molecule has 0 atom stereocenters. The van der Waals surface area contributed by atoms with Gasteiger partial charge in [0.15, 0.2) is 0 Å². The van der Waals surface area contributed by atoms with Crippen LogP contribution in [0.3, 0.4) is 0 Å². The minimum atomic E-state index is -0.507. The Morgan fingerprint density at radius 1 is 1.35 bits per heavy atom. The van der Waals surface area contributed by atoms with Crippen LogP contribution < -0.4 is 5.73 Å². The van der Waals surface area contributed by atoms with E-state index in [1.54, 1.807) is 12.1 Å². The molecule has 0 radical (unpaired) electrons. The van der Waals surface area contributed by atoms with E-state index in [2.05, 4.69) is 0 Å². The SMILES string of the molecule is Nc1cc(-c2ccc(CO)s2)ccc1[N+](=O)[O-]. The van der Waals surface area contributed by atoms with E-state index in [9.17, 15) is 10.1 Å². The molecule has 6 heteroatoms. The van der Waals surface area contributed by atoms with Crippen molar-refractivity contribution in [3.63, 3.8) is 0 Å². The van der Waals surface area contributed by atoms with Gasteiger partial charge in [-0.2, -0.15) is 0 Å². The van der Waals surface area contributed by atoms with E-state index in [1.807, 2.05) is 12.1 Å². The third-order valence-electron chi connectivity index (χ3n) is 2.33. The average Bonchev–Trinajstić information content (AvgIpc) is 2.76. The number of anilines is 1. The number of nitrogens with zero attached hydrogens (tertiary/aromatic N) is 1. The van der Waals surface area contributed by atoms with Crippen molar-refractivity contribution < 1.29 is 10.0 Å². The van der Waals surface area contributed by atoms with Crippen LogP contribution in [-0.2, 0) is 6.61 Å². The van der Waals surface area contributed by atoms with E-state index < -0.39 is 4.92 Å². The van der Waals surface area contributed by atoms with Crippen molar-refractivity contribution in [1.29, 1.82) is 0 Å². The predicted octanol–water partition coefficient (Wildman–Crippen LogP) is 2.40. The first-order valence-electron chi connectivity index (χ1n) is 4.85. The van der Waals surface area contributed by atoms with Gasteiger partial charge >= 0.3 is 0 Å². The van der Waals surface area contributed by atoms with Gasteiger partial charge in [-0.1, -0.05) is 0 Å². The number of nitrogen functional groups attached to an aromatic ring is 1. The molecule has 1 aromatic carbocycles. The Hall–Kier alpha value is -1.92. The number of aliphatic hydroxyl groups is 1. The molecule has 0 spiro atoms. The molecule has 1 aromatic heterocycles. The van der Waals surface area contributed by atoms with Crippen molar-refractivity contribution in [1.82, 2.24) is 0 Å². The van der Waals surface area contributed by atoms with E-state index in [0.717, 1.165) is 15.3 Å². The van der Waals surface area contributed by atoms with Gasteiger partial charge in [0.2, 0.25) is 0 Å². The van der Waals surface area contributed by atoms with Gasteiger partial charge < -0.3 is 10.8 Å². The summed E-state index contributed by atoms with van der Waals surface area (Å²) in [5.74, 6) is 0. The van der Waals surface area contributed by atoms with Gasteiger partial charge in [-0.25, -0.2) is 0 Å². The van der Waals surface area contributed by atoms with Crippen molar-refractivity contribution in [2.45, 2.75) is 6.61 Å². The van der Waals surface area contributed by atoms with Crippen molar-refractivity contribution in [3.8, 4) is 10.4 Å². The fourth-order valence-electron chi connectivity index (χ4n) is 1.49. The van der Waals surface area contributed by atoms with Gasteiger partial charge in [-0.3, -0.25) is 10.1 Å². The molecule has 1 heterocycles. The van der Waals surface area contributed by atoms with Gasteiger partial charge in [0.1, 0.15) is 5.69 Å². The van der Waals surface area contributed by atoms with Crippen molar-refractivity contribution in [2.24, 2.45) is 0 Å². The van der Waals surface area contributed by atoms with E-state index in [-0.39, 0.29) is 18.0 Å². The van der Waals surface area contributed by atoms with E-state index in [0.29, 0.717) is 0 Å². The minimum absolute atomic E-state index is 0.00682. The van der Waals surface area contributed by atoms with Crippen molar-refractivity contribution in [3.05, 3.63) is 45.3 Å². The Balaban J connectivity index is 2.40. The summed E-state index contributed by atoms with van der Waals surface area (Å²) in [6.07, 6.45) is 0. The summed E-state index contributed by atoms with van der Waals surface area (Å²) in [7, 11) is 0. The molecule has 2 rings (SSSR count). The highest BCUT2D eigenvalue weighted by Gasteiger charge is 2.12. The van der Waals surface area contributed by atoms with Gasteiger partial charge in [-0.15, -0.1) is 11.3 Å². The molecular weight excluding hydrogens is 240 g/mol. The molecule has 0 aliphatic carbocycles. The molecule has 0 bridgehead atoms. The maximum Gasteiger partial charge on any atom is 0.292 e. The molecule has 5 nitrogen and oxygen atoms in total. The highest BCUT2D eigenvalue weighted by atomic mass is 32.1. The van der Waals surface area contributed by atoms with Crippen LogP contribution in [-0.4, -0.2) is 10.0 Å². The Morgan fingerprint density at radius 3 is 2.65 bits per heavy atom. The number of benzene rings is 1. The molecular formula is C11H10N2O3S. The van der Waals surface area contributed by atoms with Crippen LogP contribution in [0.4, 0.5) is 11.4 Å². The molecule has 0 fully saturated rings. The van der Waals surface area contributed by atoms with Crippen molar-refractivity contribution >= 4 is 22.7 Å². The zero-order chi connectivity index (χ0) is 12.4. The number of nitro benzene ring substituents is 1. The third-order valence-corrected chi connectivity index (χ3v) is 3.45. The predicted molar refractivity (Wildman–Crippen MR) is 66.7 cm³/mol. The first-order valence-corrected chi connectivity index (χ1v) is 5.67. The van der Waals surface area contributed by atoms with E-state index in [1.165, 1.54) is 17.4 Å². The summed E-state index contributed by atoms with van der Waals surface area (Å²) in [5, 5.41) is 19.6. The molecule has 0 saturated carbocycles. The van der Waals surface area contributed by atoms with Crippen molar-refractivity contribution in [2.75, 3.05) is 5.73 Å². The number of thiophene rings is 1. The minimum Gasteiger partial charge on any atom is -0.393 e. The second kappa shape index (κ2) is 4.52. The summed E-state index contributed by atoms with van der Waals surface area (Å²) in [4.78, 5) is 11.9. The Morgan fingerprint density at radius 2 is 2.12 bits per heavy atom. The Labute approximate surface area is 101 Å². The molecule has 0 unspecified atom stereocenters. The van der Waals surface area contributed by atoms with Gasteiger partial charge in [0.25, 0.3) is 5.69 Å². The fourth-order valence-corrected chi connectivity index (χ4v) is 2.36. The lowest BCUT2D eigenvalue weighted by atomic mass is 10.1. The maximum atomic E-state index is 10.6. The maximum absolute atomic E-state index is 10.6. The summed E-state index contributed by atoms with van der Waals surface area (Å²) >= 11 is 1.43. The molecule has 0 amide bonds. The fraction of sp³-hybridized carbons (Fsp3) is 0.0909. The van der Waals surface area contributed by atoms with E-state index in [4.69, 9.17) is 10.8 Å². The van der Waals surface area contributed by atoms with Crippen LogP contribution in [0.25, 0.3) is 10.4 Å². The highest BCUT2D eigenvalue weighted by molar-refractivity contribution is 7.15. The standard InChI is InChI=1S/C11H10N2O3S/c12-9-5-7(1-3-10(9)13(15)16)11-4-2-8(6-14)17-11/h1-5,14H,6,12H2. The topological polar surface area (TPSA) is 89.4 Å². The molecule has 0 aliphatic rings. The average molecular weight is 250 g/mol. The third kappa shape index (κ3) is 2.27. The number of rotatable bonds is 3. The monoisotopic (exact) mass is 250 g/mol. The lowest BCUT2D eigenvalue weighted by Gasteiger charge is -2.00. The van der Waals surface area contributed by atoms with E-state index >= 15 is 0 Å². The number of nitro groups is 1. The Bertz CT molecular complexity index is 566. The first-order chi connectivity index (χ1) is 8.11. The number of nitrogens with two attached hydrogens (primary N) is 1. The second-order valence-electron chi connectivity index (χ2n) is 3.45. The summed E-state index contributed by atoms with van der Waals surface area (Å²) in [6, 6.07) is 8.30. The normalized spacial score (nSPS) is 10.4. The highest BCUT2D eigenvalue weighted by Crippen LogP contribution is 2.32. The molecule has 2 aromatic rings. The lowest BCUT2D eigenvalue weighted by molar-refractivity contribution is -0.383. The first kappa shape index (κ1) is 11.6. The second-order valence-corrected chi connectivity index (χ2v) is 4.62. The molecule has 88 valence electrons. The summed E-state index contributed by atoms with van der Waals surface area (Å²) in [6.45, 7) is -0.00682. The number of hydrogen-bond donors (Lipinski definition) is 2. The summed E-state index contributed by atoms with van der Waals surface area (Å²) in [5.41, 5.74) is 6.48. The lowest BCUT2D eigenvalue weighted by Crippen LogP contribution is -1.95. The molecule has 17 heavy (non-hydrogen) atoms. The zero-order valence-corrected chi connectivity index (χ0v) is 9.61. The van der Waals surface area contributed by atoms with Crippen LogP contribution in [0, 0.1) is 10.1 Å². The molecule has 0 aliphatic heterocycles. The van der Waals surface area contributed by atoms with Gasteiger partial charge in [0.05, 0.1) is 11.5 Å². The van der Waals surface area contributed by atoms with Crippen LogP contribution >= 0.6 is 11.3 Å². The number of hydrogen-bond acceptors (Lipinski definition) is 5. The van der Waals surface area contributed by atoms with Crippen LogP contribution in [0.1, 0.15) is 4.88 Å². The summed E-state index contributed by atoms with van der Waals surface area (Å²) < 4.78 is 0. The number of aliphatic hydroxyl groups excluding tert-OH is 1.